The average molecular weight is 255 g/mol. The number of aromatic nitrogens is 2. The van der Waals surface area contributed by atoms with E-state index in [1.807, 2.05) is 6.07 Å². The molecular weight excluding hydrogens is 236 g/mol. The predicted molar refractivity (Wildman–Crippen MR) is 70.6 cm³/mol. The third kappa shape index (κ3) is 3.54. The van der Waals surface area contributed by atoms with E-state index in [0.717, 1.165) is 31.9 Å². The molecule has 0 saturated carbocycles. The van der Waals surface area contributed by atoms with Crippen molar-refractivity contribution in [2.45, 2.75) is 32.2 Å². The molecule has 17 heavy (non-hydrogen) atoms. The van der Waals surface area contributed by atoms with Gasteiger partial charge < -0.3 is 10.2 Å². The predicted octanol–water partition coefficient (Wildman–Crippen LogP) is 2.10. The van der Waals surface area contributed by atoms with Gasteiger partial charge in [-0.3, -0.25) is 0 Å². The minimum absolute atomic E-state index is 0.448. The Balaban J connectivity index is 2.02. The number of anilines is 1. The number of hydrogen-bond acceptors (Lipinski definition) is 4. The van der Waals surface area contributed by atoms with Crippen molar-refractivity contribution in [2.75, 3.05) is 24.5 Å². The summed E-state index contributed by atoms with van der Waals surface area (Å²) in [6.07, 6.45) is 3.63. The summed E-state index contributed by atoms with van der Waals surface area (Å²) in [4.78, 5) is 2.28. The molecule has 4 nitrogen and oxygen atoms in total. The van der Waals surface area contributed by atoms with E-state index in [4.69, 9.17) is 11.6 Å². The molecule has 1 unspecified atom stereocenters. The van der Waals surface area contributed by atoms with Crippen LogP contribution in [0, 0.1) is 0 Å². The van der Waals surface area contributed by atoms with Crippen LogP contribution in [-0.4, -0.2) is 35.9 Å². The summed E-state index contributed by atoms with van der Waals surface area (Å²) in [7, 11) is 0. The van der Waals surface area contributed by atoms with Gasteiger partial charge in [-0.25, -0.2) is 0 Å². The maximum absolute atomic E-state index is 5.76. The van der Waals surface area contributed by atoms with E-state index < -0.39 is 0 Å². The van der Waals surface area contributed by atoms with Gasteiger partial charge in [-0.1, -0.05) is 18.5 Å². The van der Waals surface area contributed by atoms with Gasteiger partial charge in [-0.2, -0.15) is 0 Å². The van der Waals surface area contributed by atoms with Crippen LogP contribution in [0.25, 0.3) is 0 Å². The second-order valence-corrected chi connectivity index (χ2v) is 4.84. The Kier molecular flexibility index (Phi) is 4.57. The fourth-order valence-electron chi connectivity index (χ4n) is 2.23. The van der Waals surface area contributed by atoms with Gasteiger partial charge in [0, 0.05) is 19.1 Å². The van der Waals surface area contributed by atoms with Crippen LogP contribution >= 0.6 is 11.6 Å². The van der Waals surface area contributed by atoms with Crippen molar-refractivity contribution in [1.29, 1.82) is 0 Å². The van der Waals surface area contributed by atoms with Crippen molar-refractivity contribution in [1.82, 2.24) is 15.5 Å². The summed E-state index contributed by atoms with van der Waals surface area (Å²) in [5.74, 6) is 0.921. The van der Waals surface area contributed by atoms with Crippen molar-refractivity contribution in [3.63, 3.8) is 0 Å². The molecule has 2 heterocycles. The van der Waals surface area contributed by atoms with E-state index >= 15 is 0 Å². The van der Waals surface area contributed by atoms with E-state index in [9.17, 15) is 0 Å². The van der Waals surface area contributed by atoms with Crippen molar-refractivity contribution in [2.24, 2.45) is 0 Å². The zero-order valence-electron chi connectivity index (χ0n) is 10.2. The van der Waals surface area contributed by atoms with Crippen molar-refractivity contribution in [3.05, 3.63) is 17.3 Å². The van der Waals surface area contributed by atoms with E-state index in [2.05, 4.69) is 27.3 Å². The molecule has 1 aliphatic heterocycles. The molecule has 1 fully saturated rings. The molecule has 1 saturated heterocycles. The van der Waals surface area contributed by atoms with E-state index in [1.54, 1.807) is 6.07 Å². The first kappa shape index (κ1) is 12.6. The first-order chi connectivity index (χ1) is 8.29. The molecule has 0 amide bonds. The Morgan fingerprint density at radius 3 is 2.94 bits per heavy atom. The molecule has 94 valence electrons. The van der Waals surface area contributed by atoms with E-state index in [-0.39, 0.29) is 0 Å². The fraction of sp³-hybridized carbons (Fsp3) is 0.667. The summed E-state index contributed by atoms with van der Waals surface area (Å²) in [5, 5.41) is 12.0. The highest BCUT2D eigenvalue weighted by Gasteiger charge is 2.18. The lowest BCUT2D eigenvalue weighted by molar-refractivity contribution is 0.573. The lowest BCUT2D eigenvalue weighted by atomic mass is 10.2. The molecule has 0 aromatic carbocycles. The Hall–Kier alpha value is -0.870. The standard InChI is InChI=1S/C12H19ClN4/c1-2-8-17(9-10-4-3-7-14-10)12-6-5-11(13)15-16-12/h5-6,10,14H,2-4,7-9H2,1H3. The lowest BCUT2D eigenvalue weighted by Crippen LogP contribution is -2.38. The number of nitrogens with one attached hydrogen (secondary N) is 1. The maximum Gasteiger partial charge on any atom is 0.151 e. The Labute approximate surface area is 107 Å². The summed E-state index contributed by atoms with van der Waals surface area (Å²) in [6.45, 7) is 5.33. The smallest absolute Gasteiger partial charge is 0.151 e. The molecule has 1 aromatic heterocycles. The van der Waals surface area contributed by atoms with Gasteiger partial charge >= 0.3 is 0 Å². The van der Waals surface area contributed by atoms with Crippen LogP contribution in [0.3, 0.4) is 0 Å². The Bertz CT molecular complexity index is 335. The van der Waals surface area contributed by atoms with Gasteiger partial charge in [0.1, 0.15) is 0 Å². The molecule has 0 radical (unpaired) electrons. The van der Waals surface area contributed by atoms with E-state index in [0.29, 0.717) is 11.2 Å². The molecule has 0 aliphatic carbocycles. The number of rotatable bonds is 5. The first-order valence-electron chi connectivity index (χ1n) is 6.27. The Morgan fingerprint density at radius 2 is 2.35 bits per heavy atom. The highest BCUT2D eigenvalue weighted by atomic mass is 35.5. The van der Waals surface area contributed by atoms with Crippen LogP contribution < -0.4 is 10.2 Å². The van der Waals surface area contributed by atoms with Crippen LogP contribution in [0.2, 0.25) is 5.15 Å². The summed E-state index contributed by atoms with van der Waals surface area (Å²) >= 11 is 5.76. The minimum Gasteiger partial charge on any atom is -0.354 e. The van der Waals surface area contributed by atoms with Crippen LogP contribution in [0.5, 0.6) is 0 Å². The zero-order valence-corrected chi connectivity index (χ0v) is 11.0. The van der Waals surface area contributed by atoms with Gasteiger partial charge in [0.25, 0.3) is 0 Å². The quantitative estimate of drug-likeness (QED) is 0.874. The summed E-state index contributed by atoms with van der Waals surface area (Å²) < 4.78 is 0. The largest absolute Gasteiger partial charge is 0.354 e. The Morgan fingerprint density at radius 1 is 1.47 bits per heavy atom. The third-order valence-corrected chi connectivity index (χ3v) is 3.24. The number of nitrogens with zero attached hydrogens (tertiary/aromatic N) is 3. The first-order valence-corrected chi connectivity index (χ1v) is 6.65. The molecule has 0 bridgehead atoms. The van der Waals surface area contributed by atoms with Gasteiger partial charge in [0.05, 0.1) is 0 Å². The van der Waals surface area contributed by atoms with Gasteiger partial charge in [0.2, 0.25) is 0 Å². The second kappa shape index (κ2) is 6.17. The topological polar surface area (TPSA) is 41.0 Å². The summed E-state index contributed by atoms with van der Waals surface area (Å²) in [5.41, 5.74) is 0. The molecule has 0 spiro atoms. The monoisotopic (exact) mass is 254 g/mol. The number of hydrogen-bond donors (Lipinski definition) is 1. The molecule has 1 atom stereocenters. The van der Waals surface area contributed by atoms with Gasteiger partial charge in [0.15, 0.2) is 11.0 Å². The van der Waals surface area contributed by atoms with Crippen molar-refractivity contribution >= 4 is 17.4 Å². The molecule has 1 aromatic rings. The van der Waals surface area contributed by atoms with Crippen LogP contribution in [-0.2, 0) is 0 Å². The number of halogens is 1. The van der Waals surface area contributed by atoms with E-state index in [1.165, 1.54) is 12.8 Å². The highest BCUT2D eigenvalue weighted by Crippen LogP contribution is 2.15. The van der Waals surface area contributed by atoms with Gasteiger partial charge in [-0.15, -0.1) is 10.2 Å². The molecule has 1 N–H and O–H groups in total. The third-order valence-electron chi connectivity index (χ3n) is 3.04. The average Bonchev–Trinajstić information content (AvgIpc) is 2.82. The summed E-state index contributed by atoms with van der Waals surface area (Å²) in [6, 6.07) is 4.33. The highest BCUT2D eigenvalue weighted by molar-refractivity contribution is 6.29. The van der Waals surface area contributed by atoms with Gasteiger partial charge in [-0.05, 0) is 37.9 Å². The molecule has 2 rings (SSSR count). The molecular formula is C12H19ClN4. The maximum atomic E-state index is 5.76. The zero-order chi connectivity index (χ0) is 12.1. The SMILES string of the molecule is CCCN(CC1CCCN1)c1ccc(Cl)nn1. The second-order valence-electron chi connectivity index (χ2n) is 4.45. The normalized spacial score (nSPS) is 19.5. The lowest BCUT2D eigenvalue weighted by Gasteiger charge is -2.25. The van der Waals surface area contributed by atoms with Crippen LogP contribution in [0.1, 0.15) is 26.2 Å². The minimum atomic E-state index is 0.448. The van der Waals surface area contributed by atoms with Crippen molar-refractivity contribution < 1.29 is 0 Å². The molecule has 5 heteroatoms. The van der Waals surface area contributed by atoms with Crippen LogP contribution in [0.4, 0.5) is 5.82 Å². The van der Waals surface area contributed by atoms with Crippen molar-refractivity contribution in [3.8, 4) is 0 Å². The molecule has 1 aliphatic rings. The fourth-order valence-corrected chi connectivity index (χ4v) is 2.33. The van der Waals surface area contributed by atoms with Crippen LogP contribution in [0.15, 0.2) is 12.1 Å².